The van der Waals surface area contributed by atoms with Gasteiger partial charge in [0.1, 0.15) is 0 Å². The van der Waals surface area contributed by atoms with Crippen LogP contribution in [0.2, 0.25) is 0 Å². The molecule has 0 fully saturated rings. The first-order chi connectivity index (χ1) is 10.6. The molecule has 5 nitrogen and oxygen atoms in total. The van der Waals surface area contributed by atoms with E-state index in [1.165, 1.54) is 13.0 Å². The van der Waals surface area contributed by atoms with Gasteiger partial charge in [-0.3, -0.25) is 4.79 Å². The highest BCUT2D eigenvalue weighted by atomic mass is 16.5. The predicted molar refractivity (Wildman–Crippen MR) is 83.1 cm³/mol. The van der Waals surface area contributed by atoms with Gasteiger partial charge < -0.3 is 14.5 Å². The van der Waals surface area contributed by atoms with Gasteiger partial charge in [0.05, 0.1) is 17.7 Å². The van der Waals surface area contributed by atoms with E-state index < -0.39 is 11.9 Å². The molecule has 0 aliphatic rings. The van der Waals surface area contributed by atoms with E-state index in [0.717, 1.165) is 16.3 Å². The Kier molecular flexibility index (Phi) is 3.55. The van der Waals surface area contributed by atoms with Gasteiger partial charge in [0.15, 0.2) is 5.75 Å². The number of carbonyl (C=O) groups excluding carboxylic acids is 2. The van der Waals surface area contributed by atoms with Crippen LogP contribution in [0.25, 0.3) is 21.8 Å². The molecule has 0 spiro atoms. The van der Waals surface area contributed by atoms with Gasteiger partial charge in [0.2, 0.25) is 0 Å². The average molecular weight is 297 g/mol. The summed E-state index contributed by atoms with van der Waals surface area (Å²) in [6.07, 6.45) is 0. The molecule has 22 heavy (non-hydrogen) atoms. The molecule has 112 valence electrons. The molecule has 0 saturated carbocycles. The summed E-state index contributed by atoms with van der Waals surface area (Å²) in [6.45, 7) is 3.36. The minimum Gasteiger partial charge on any atom is -0.462 e. The maximum absolute atomic E-state index is 12.0. The number of H-pyrrole nitrogens is 1. The molecule has 1 heterocycles. The summed E-state index contributed by atoms with van der Waals surface area (Å²) in [5, 5.41) is 1.77. The summed E-state index contributed by atoms with van der Waals surface area (Å²) in [6, 6.07) is 11.0. The first-order valence-corrected chi connectivity index (χ1v) is 7.00. The number of nitrogens with one attached hydrogen (secondary N) is 1. The number of fused-ring (bicyclic) bond motifs is 3. The van der Waals surface area contributed by atoms with Crippen LogP contribution in [0.4, 0.5) is 0 Å². The van der Waals surface area contributed by atoms with Crippen LogP contribution >= 0.6 is 0 Å². The summed E-state index contributed by atoms with van der Waals surface area (Å²) in [5.41, 5.74) is 1.95. The largest absolute Gasteiger partial charge is 0.462 e. The van der Waals surface area contributed by atoms with Gasteiger partial charge in [-0.05, 0) is 25.1 Å². The van der Waals surface area contributed by atoms with Crippen LogP contribution in [-0.4, -0.2) is 23.5 Å². The van der Waals surface area contributed by atoms with Crippen LogP contribution in [0.15, 0.2) is 36.4 Å². The van der Waals surface area contributed by atoms with Crippen LogP contribution in [0.1, 0.15) is 24.2 Å². The van der Waals surface area contributed by atoms with Gasteiger partial charge in [-0.15, -0.1) is 0 Å². The molecule has 0 radical (unpaired) electrons. The number of hydrogen-bond acceptors (Lipinski definition) is 4. The molecule has 0 aliphatic carbocycles. The first kappa shape index (κ1) is 14.1. The summed E-state index contributed by atoms with van der Waals surface area (Å²) >= 11 is 0. The Morgan fingerprint density at radius 2 is 1.91 bits per heavy atom. The Labute approximate surface area is 126 Å². The van der Waals surface area contributed by atoms with Crippen LogP contribution in [-0.2, 0) is 9.53 Å². The highest BCUT2D eigenvalue weighted by Crippen LogP contribution is 2.33. The van der Waals surface area contributed by atoms with Gasteiger partial charge in [-0.1, -0.05) is 18.2 Å². The van der Waals surface area contributed by atoms with Crippen LogP contribution < -0.4 is 4.74 Å². The van der Waals surface area contributed by atoms with Crippen molar-refractivity contribution < 1.29 is 19.1 Å². The molecule has 0 unspecified atom stereocenters. The lowest BCUT2D eigenvalue weighted by Crippen LogP contribution is -2.07. The van der Waals surface area contributed by atoms with E-state index in [1.54, 1.807) is 13.0 Å². The molecule has 0 aliphatic heterocycles. The van der Waals surface area contributed by atoms with Crippen LogP contribution in [0.5, 0.6) is 5.75 Å². The Bertz CT molecular complexity index is 879. The van der Waals surface area contributed by atoms with Crippen molar-refractivity contribution in [3.63, 3.8) is 0 Å². The zero-order valence-electron chi connectivity index (χ0n) is 12.3. The highest BCUT2D eigenvalue weighted by molar-refractivity contribution is 6.11. The van der Waals surface area contributed by atoms with Gasteiger partial charge in [-0.2, -0.15) is 0 Å². The predicted octanol–water partition coefficient (Wildman–Crippen LogP) is 3.42. The summed E-state index contributed by atoms with van der Waals surface area (Å²) < 4.78 is 10.3. The lowest BCUT2D eigenvalue weighted by Gasteiger charge is -2.07. The zero-order valence-corrected chi connectivity index (χ0v) is 12.3. The van der Waals surface area contributed by atoms with Crippen molar-refractivity contribution >= 4 is 33.7 Å². The van der Waals surface area contributed by atoms with E-state index >= 15 is 0 Å². The second-order valence-electron chi connectivity index (χ2n) is 4.88. The topological polar surface area (TPSA) is 68.4 Å². The highest BCUT2D eigenvalue weighted by Gasteiger charge is 2.16. The van der Waals surface area contributed by atoms with E-state index in [1.807, 2.05) is 24.3 Å². The van der Waals surface area contributed by atoms with Gasteiger partial charge in [0.25, 0.3) is 0 Å². The monoisotopic (exact) mass is 297 g/mol. The van der Waals surface area contributed by atoms with Crippen molar-refractivity contribution in [1.82, 2.24) is 4.98 Å². The molecule has 3 rings (SSSR count). The second kappa shape index (κ2) is 5.52. The normalized spacial score (nSPS) is 10.8. The summed E-state index contributed by atoms with van der Waals surface area (Å²) in [7, 11) is 0. The van der Waals surface area contributed by atoms with Gasteiger partial charge in [-0.25, -0.2) is 4.79 Å². The van der Waals surface area contributed by atoms with Crippen molar-refractivity contribution in [2.75, 3.05) is 6.61 Å². The van der Waals surface area contributed by atoms with Gasteiger partial charge >= 0.3 is 11.9 Å². The molecular formula is C17H15NO4. The molecule has 0 atom stereocenters. The lowest BCUT2D eigenvalue weighted by molar-refractivity contribution is -0.131. The molecule has 3 aromatic rings. The second-order valence-corrected chi connectivity index (χ2v) is 4.88. The number of benzene rings is 2. The third-order valence-electron chi connectivity index (χ3n) is 3.34. The number of carbonyl (C=O) groups is 2. The smallest absolute Gasteiger partial charge is 0.338 e. The summed E-state index contributed by atoms with van der Waals surface area (Å²) in [4.78, 5) is 26.6. The standard InChI is InChI=1S/C17H15NO4/c1-3-21-17(20)11-8-13-12-6-4-5-7-14(12)18-16(13)15(9-11)22-10(2)19/h4-9,18H,3H2,1-2H3. The molecule has 1 aromatic heterocycles. The molecule has 1 N–H and O–H groups in total. The quantitative estimate of drug-likeness (QED) is 0.594. The van der Waals surface area contributed by atoms with E-state index in [2.05, 4.69) is 4.98 Å². The number of rotatable bonds is 3. The third-order valence-corrected chi connectivity index (χ3v) is 3.34. The van der Waals surface area contributed by atoms with E-state index in [0.29, 0.717) is 16.8 Å². The fourth-order valence-corrected chi connectivity index (χ4v) is 2.49. The van der Waals surface area contributed by atoms with Crippen molar-refractivity contribution in [1.29, 1.82) is 0 Å². The lowest BCUT2D eigenvalue weighted by atomic mass is 10.1. The number of esters is 2. The fraction of sp³-hybridized carbons (Fsp3) is 0.176. The maximum atomic E-state index is 12.0. The molecule has 0 saturated heterocycles. The van der Waals surface area contributed by atoms with Crippen LogP contribution in [0.3, 0.4) is 0 Å². The van der Waals surface area contributed by atoms with Crippen molar-refractivity contribution in [2.45, 2.75) is 13.8 Å². The molecule has 0 bridgehead atoms. The number of aromatic nitrogens is 1. The minimum atomic E-state index is -0.444. The number of aromatic amines is 1. The van der Waals surface area contributed by atoms with Crippen molar-refractivity contribution in [3.8, 4) is 5.75 Å². The maximum Gasteiger partial charge on any atom is 0.338 e. The Morgan fingerprint density at radius 3 is 2.64 bits per heavy atom. The number of ether oxygens (including phenoxy) is 2. The number of para-hydroxylation sites is 1. The average Bonchev–Trinajstić information content (AvgIpc) is 2.86. The molecule has 5 heteroatoms. The SMILES string of the molecule is CCOC(=O)c1cc(OC(C)=O)c2[nH]c3ccccc3c2c1. The van der Waals surface area contributed by atoms with E-state index in [4.69, 9.17) is 9.47 Å². The van der Waals surface area contributed by atoms with E-state index in [9.17, 15) is 9.59 Å². The Morgan fingerprint density at radius 1 is 1.14 bits per heavy atom. The van der Waals surface area contributed by atoms with Gasteiger partial charge in [0, 0.05) is 23.2 Å². The molecule has 2 aromatic carbocycles. The van der Waals surface area contributed by atoms with Crippen molar-refractivity contribution in [2.24, 2.45) is 0 Å². The summed E-state index contributed by atoms with van der Waals surface area (Å²) in [5.74, 6) is -0.562. The van der Waals surface area contributed by atoms with Crippen molar-refractivity contribution in [3.05, 3.63) is 42.0 Å². The Hall–Kier alpha value is -2.82. The Balaban J connectivity index is 2.28. The number of hydrogen-bond donors (Lipinski definition) is 1. The minimum absolute atomic E-state index is 0.285. The van der Waals surface area contributed by atoms with E-state index in [-0.39, 0.29) is 6.61 Å². The molecule has 0 amide bonds. The third kappa shape index (κ3) is 2.41. The first-order valence-electron chi connectivity index (χ1n) is 7.00. The molecular weight excluding hydrogens is 282 g/mol. The fourth-order valence-electron chi connectivity index (χ4n) is 2.49. The van der Waals surface area contributed by atoms with Crippen LogP contribution in [0, 0.1) is 0 Å². The zero-order chi connectivity index (χ0) is 15.7.